The molecule has 1 saturated heterocycles. The van der Waals surface area contributed by atoms with Crippen LogP contribution < -0.4 is 0 Å². The molecule has 0 radical (unpaired) electrons. The van der Waals surface area contributed by atoms with Crippen molar-refractivity contribution in [1.82, 2.24) is 4.31 Å². The molecule has 1 rings (SSSR count). The lowest BCUT2D eigenvalue weighted by atomic mass is 10.4. The Morgan fingerprint density at radius 1 is 1.58 bits per heavy atom. The molecule has 1 heterocycles. The Balaban J connectivity index is 2.65. The third-order valence-corrected chi connectivity index (χ3v) is 3.26. The molecule has 1 fully saturated rings. The standard InChI is InChI=1S/C6H12ClNO3S/c1-6-5-8(12(7,9)10)3-2-4-11-6/h6H,2-5H2,1H3. The van der Waals surface area contributed by atoms with Gasteiger partial charge in [-0.25, -0.2) is 0 Å². The average Bonchev–Trinajstić information content (AvgIpc) is 2.11. The van der Waals surface area contributed by atoms with Gasteiger partial charge in [-0.1, -0.05) is 0 Å². The van der Waals surface area contributed by atoms with Gasteiger partial charge in [-0.2, -0.15) is 12.7 Å². The van der Waals surface area contributed by atoms with Crippen molar-refractivity contribution < 1.29 is 13.2 Å². The zero-order valence-electron chi connectivity index (χ0n) is 6.86. The van der Waals surface area contributed by atoms with Crippen LogP contribution >= 0.6 is 10.7 Å². The van der Waals surface area contributed by atoms with Gasteiger partial charge in [-0.15, -0.1) is 0 Å². The van der Waals surface area contributed by atoms with Gasteiger partial charge in [0, 0.05) is 30.4 Å². The molecule has 1 unspecified atom stereocenters. The second kappa shape index (κ2) is 3.91. The molecule has 12 heavy (non-hydrogen) atoms. The van der Waals surface area contributed by atoms with Crippen LogP contribution in [0.15, 0.2) is 0 Å². The summed E-state index contributed by atoms with van der Waals surface area (Å²) in [5.41, 5.74) is 0. The van der Waals surface area contributed by atoms with E-state index in [1.807, 2.05) is 6.92 Å². The number of nitrogens with zero attached hydrogens (tertiary/aromatic N) is 1. The van der Waals surface area contributed by atoms with Crippen molar-refractivity contribution in [3.63, 3.8) is 0 Å². The molecule has 0 bridgehead atoms. The van der Waals surface area contributed by atoms with Crippen molar-refractivity contribution in [3.8, 4) is 0 Å². The number of hydrogen-bond acceptors (Lipinski definition) is 3. The van der Waals surface area contributed by atoms with E-state index in [-0.39, 0.29) is 6.10 Å². The van der Waals surface area contributed by atoms with Crippen molar-refractivity contribution >= 4 is 19.9 Å². The first kappa shape index (κ1) is 10.2. The number of ether oxygens (including phenoxy) is 1. The summed E-state index contributed by atoms with van der Waals surface area (Å²) in [6.07, 6.45) is 0.636. The summed E-state index contributed by atoms with van der Waals surface area (Å²) >= 11 is 0. The zero-order valence-corrected chi connectivity index (χ0v) is 8.44. The number of rotatable bonds is 1. The summed E-state index contributed by atoms with van der Waals surface area (Å²) in [5, 5.41) is 0. The summed E-state index contributed by atoms with van der Waals surface area (Å²) in [4.78, 5) is 0. The van der Waals surface area contributed by atoms with Gasteiger partial charge in [0.15, 0.2) is 0 Å². The van der Waals surface area contributed by atoms with Crippen LogP contribution in [0.1, 0.15) is 13.3 Å². The molecular formula is C6H12ClNO3S. The maximum Gasteiger partial charge on any atom is 0.299 e. The van der Waals surface area contributed by atoms with E-state index in [9.17, 15) is 8.42 Å². The molecule has 0 aliphatic carbocycles. The van der Waals surface area contributed by atoms with Gasteiger partial charge in [0.1, 0.15) is 0 Å². The number of hydrogen-bond donors (Lipinski definition) is 0. The second-order valence-electron chi connectivity index (χ2n) is 2.84. The van der Waals surface area contributed by atoms with Crippen molar-refractivity contribution in [1.29, 1.82) is 0 Å². The highest BCUT2D eigenvalue weighted by atomic mass is 35.7. The van der Waals surface area contributed by atoms with E-state index >= 15 is 0 Å². The predicted octanol–water partition coefficient (Wildman–Crippen LogP) is 0.581. The second-order valence-corrected chi connectivity index (χ2v) is 5.35. The minimum absolute atomic E-state index is 0.0685. The summed E-state index contributed by atoms with van der Waals surface area (Å²) < 4.78 is 28.3. The largest absolute Gasteiger partial charge is 0.377 e. The molecule has 0 aromatic rings. The molecule has 6 heteroatoms. The lowest BCUT2D eigenvalue weighted by molar-refractivity contribution is 0.0753. The van der Waals surface area contributed by atoms with E-state index in [1.165, 1.54) is 4.31 Å². The predicted molar refractivity (Wildman–Crippen MR) is 46.4 cm³/mol. The van der Waals surface area contributed by atoms with Gasteiger partial charge in [0.25, 0.3) is 9.24 Å². The van der Waals surface area contributed by atoms with Crippen LogP contribution in [-0.2, 0) is 14.0 Å². The molecule has 0 amide bonds. The van der Waals surface area contributed by atoms with E-state index in [2.05, 4.69) is 0 Å². The third-order valence-electron chi connectivity index (χ3n) is 1.72. The Bertz CT molecular complexity index is 241. The van der Waals surface area contributed by atoms with Crippen LogP contribution in [0.5, 0.6) is 0 Å². The first-order valence-corrected chi connectivity index (χ1v) is 6.08. The maximum atomic E-state index is 10.9. The van der Waals surface area contributed by atoms with E-state index < -0.39 is 9.24 Å². The minimum Gasteiger partial charge on any atom is -0.377 e. The van der Waals surface area contributed by atoms with Crippen LogP contribution in [0.4, 0.5) is 0 Å². The fourth-order valence-corrected chi connectivity index (χ4v) is 2.27. The van der Waals surface area contributed by atoms with Crippen molar-refractivity contribution in [2.45, 2.75) is 19.4 Å². The zero-order chi connectivity index (χ0) is 9.19. The highest BCUT2D eigenvalue weighted by Gasteiger charge is 2.23. The summed E-state index contributed by atoms with van der Waals surface area (Å²) in [5.74, 6) is 0. The smallest absolute Gasteiger partial charge is 0.299 e. The van der Waals surface area contributed by atoms with Crippen LogP contribution in [-0.4, -0.2) is 38.5 Å². The van der Waals surface area contributed by atoms with E-state index in [0.717, 1.165) is 0 Å². The average molecular weight is 214 g/mol. The van der Waals surface area contributed by atoms with Crippen molar-refractivity contribution in [2.75, 3.05) is 19.7 Å². The Morgan fingerprint density at radius 2 is 2.25 bits per heavy atom. The Morgan fingerprint density at radius 3 is 2.83 bits per heavy atom. The van der Waals surface area contributed by atoms with Gasteiger partial charge < -0.3 is 4.74 Å². The SMILES string of the molecule is CC1CN(S(=O)(=O)Cl)CCCO1. The topological polar surface area (TPSA) is 46.6 Å². The molecular weight excluding hydrogens is 202 g/mol. The van der Waals surface area contributed by atoms with Crippen LogP contribution in [0.25, 0.3) is 0 Å². The maximum absolute atomic E-state index is 10.9. The van der Waals surface area contributed by atoms with Crippen LogP contribution in [0.2, 0.25) is 0 Å². The van der Waals surface area contributed by atoms with Gasteiger partial charge in [-0.3, -0.25) is 0 Å². The molecule has 0 saturated carbocycles. The first-order chi connectivity index (χ1) is 5.50. The molecule has 0 aromatic heterocycles. The molecule has 1 aliphatic rings. The van der Waals surface area contributed by atoms with E-state index in [0.29, 0.717) is 26.1 Å². The highest BCUT2D eigenvalue weighted by Crippen LogP contribution is 2.12. The third kappa shape index (κ3) is 2.90. The van der Waals surface area contributed by atoms with E-state index in [4.69, 9.17) is 15.4 Å². The van der Waals surface area contributed by atoms with Gasteiger partial charge >= 0.3 is 0 Å². The fourth-order valence-electron chi connectivity index (χ4n) is 1.15. The Kier molecular flexibility index (Phi) is 3.34. The molecule has 0 aromatic carbocycles. The van der Waals surface area contributed by atoms with Crippen molar-refractivity contribution in [3.05, 3.63) is 0 Å². The van der Waals surface area contributed by atoms with E-state index in [1.54, 1.807) is 0 Å². The molecule has 0 spiro atoms. The summed E-state index contributed by atoms with van der Waals surface area (Å²) in [7, 11) is 1.64. The van der Waals surface area contributed by atoms with Crippen molar-refractivity contribution in [2.24, 2.45) is 0 Å². The van der Waals surface area contributed by atoms with Gasteiger partial charge in [-0.05, 0) is 13.3 Å². The quantitative estimate of drug-likeness (QED) is 0.599. The summed E-state index contributed by atoms with van der Waals surface area (Å²) in [6, 6.07) is 0. The fraction of sp³-hybridized carbons (Fsp3) is 1.00. The lowest BCUT2D eigenvalue weighted by Gasteiger charge is -2.16. The molecule has 72 valence electrons. The first-order valence-electron chi connectivity index (χ1n) is 3.81. The Labute approximate surface area is 77.0 Å². The molecule has 1 atom stereocenters. The molecule has 4 nitrogen and oxygen atoms in total. The normalized spacial score (nSPS) is 28.3. The number of halogens is 1. The van der Waals surface area contributed by atoms with Gasteiger partial charge in [0.2, 0.25) is 0 Å². The lowest BCUT2D eigenvalue weighted by Crippen LogP contribution is -2.32. The van der Waals surface area contributed by atoms with Crippen LogP contribution in [0, 0.1) is 0 Å². The molecule has 1 aliphatic heterocycles. The van der Waals surface area contributed by atoms with Crippen LogP contribution in [0.3, 0.4) is 0 Å². The van der Waals surface area contributed by atoms with Gasteiger partial charge in [0.05, 0.1) is 6.10 Å². The summed E-state index contributed by atoms with van der Waals surface area (Å²) in [6.45, 7) is 3.24. The highest BCUT2D eigenvalue weighted by molar-refractivity contribution is 8.11. The Hall–Kier alpha value is 0.160. The minimum atomic E-state index is -3.56. The monoisotopic (exact) mass is 213 g/mol. The molecule has 0 N–H and O–H groups in total.